The van der Waals surface area contributed by atoms with Gasteiger partial charge in [-0.25, -0.2) is 10.8 Å². The molecule has 3 N–H and O–H groups in total. The molecule has 2 aromatic rings. The summed E-state index contributed by atoms with van der Waals surface area (Å²) in [4.78, 5) is 15.8. The molecule has 0 spiro atoms. The van der Waals surface area contributed by atoms with Crippen LogP contribution in [-0.2, 0) is 12.2 Å². The number of hydrogen-bond acceptors (Lipinski definition) is 6. The van der Waals surface area contributed by atoms with Gasteiger partial charge in [-0.1, -0.05) is 40.7 Å². The molecule has 106 valence electrons. The average molecular weight is 373 g/mol. The molecule has 20 heavy (non-hydrogen) atoms. The van der Waals surface area contributed by atoms with E-state index in [1.807, 2.05) is 13.0 Å². The van der Waals surface area contributed by atoms with Crippen molar-refractivity contribution in [3.8, 4) is 0 Å². The largest absolute Gasteiger partial charge is 0.290 e. The molecule has 5 nitrogen and oxygen atoms in total. The molecule has 0 saturated heterocycles. The number of hydrogen-bond donors (Lipinski definition) is 2. The van der Waals surface area contributed by atoms with Crippen LogP contribution in [0.3, 0.4) is 0 Å². The number of nitrogens with two attached hydrogens (primary N) is 1. The number of carbonyl (C=O) groups excluding carboxylic acids is 1. The van der Waals surface area contributed by atoms with Crippen LogP contribution in [0.15, 0.2) is 27.0 Å². The third-order valence-electron chi connectivity index (χ3n) is 2.56. The highest BCUT2D eigenvalue weighted by molar-refractivity contribution is 9.10. The molecule has 0 fully saturated rings. The first-order valence-electron chi connectivity index (χ1n) is 5.88. The lowest BCUT2D eigenvalue weighted by molar-refractivity contribution is 0.0953. The van der Waals surface area contributed by atoms with E-state index < -0.39 is 0 Å². The van der Waals surface area contributed by atoms with Crippen molar-refractivity contribution >= 4 is 45.1 Å². The molecule has 0 unspecified atom stereocenters. The third-order valence-corrected chi connectivity index (χ3v) is 5.22. The molecule has 0 bridgehead atoms. The number of aromatic nitrogens is 2. The van der Waals surface area contributed by atoms with Crippen molar-refractivity contribution in [1.29, 1.82) is 0 Å². The molecule has 1 aromatic carbocycles. The Kier molecular flexibility index (Phi) is 5.53. The van der Waals surface area contributed by atoms with Gasteiger partial charge in [0.05, 0.1) is 0 Å². The number of rotatable bonds is 5. The van der Waals surface area contributed by atoms with E-state index in [0.29, 0.717) is 5.56 Å². The van der Waals surface area contributed by atoms with Crippen LogP contribution in [0.1, 0.15) is 28.7 Å². The Morgan fingerprint density at radius 1 is 1.55 bits per heavy atom. The number of benzene rings is 1. The number of aryl methyl sites for hydroxylation is 1. The van der Waals surface area contributed by atoms with Crippen LogP contribution in [0.4, 0.5) is 0 Å². The van der Waals surface area contributed by atoms with Crippen LogP contribution in [0.2, 0.25) is 0 Å². The van der Waals surface area contributed by atoms with Crippen LogP contribution in [0.25, 0.3) is 0 Å². The number of thioether (sulfide) groups is 1. The summed E-state index contributed by atoms with van der Waals surface area (Å²) in [6.45, 7) is 2.04. The fourth-order valence-corrected chi connectivity index (χ4v) is 3.87. The Labute approximate surface area is 133 Å². The zero-order valence-electron chi connectivity index (χ0n) is 10.7. The van der Waals surface area contributed by atoms with Crippen molar-refractivity contribution in [1.82, 2.24) is 14.8 Å². The van der Waals surface area contributed by atoms with Gasteiger partial charge in [0.1, 0.15) is 5.82 Å². The van der Waals surface area contributed by atoms with Crippen LogP contribution in [0.5, 0.6) is 0 Å². The minimum Gasteiger partial charge on any atom is -0.290 e. The first-order chi connectivity index (χ1) is 9.63. The lowest BCUT2D eigenvalue weighted by Gasteiger charge is -2.05. The van der Waals surface area contributed by atoms with Gasteiger partial charge < -0.3 is 0 Å². The normalized spacial score (nSPS) is 10.6. The van der Waals surface area contributed by atoms with Crippen LogP contribution >= 0.6 is 39.2 Å². The van der Waals surface area contributed by atoms with Gasteiger partial charge >= 0.3 is 0 Å². The fraction of sp³-hybridized carbons (Fsp3) is 0.250. The first kappa shape index (κ1) is 15.4. The highest BCUT2D eigenvalue weighted by atomic mass is 79.9. The molecule has 0 atom stereocenters. The monoisotopic (exact) mass is 372 g/mol. The Balaban J connectivity index is 2.04. The van der Waals surface area contributed by atoms with E-state index in [0.717, 1.165) is 32.4 Å². The molecule has 0 aliphatic rings. The molecule has 0 saturated carbocycles. The summed E-state index contributed by atoms with van der Waals surface area (Å²) in [5.74, 6) is 6.45. The topological polar surface area (TPSA) is 80.9 Å². The van der Waals surface area contributed by atoms with E-state index in [1.54, 1.807) is 23.9 Å². The fourth-order valence-electron chi connectivity index (χ4n) is 1.47. The zero-order valence-corrected chi connectivity index (χ0v) is 13.9. The molecular weight excluding hydrogens is 360 g/mol. The van der Waals surface area contributed by atoms with E-state index >= 15 is 0 Å². The zero-order chi connectivity index (χ0) is 14.5. The molecular formula is C12H13BrN4OS2. The number of halogens is 1. The SMILES string of the molecule is CCc1nsc(SCc2ccc(C(=O)NN)cc2Br)n1. The first-order valence-corrected chi connectivity index (χ1v) is 8.44. The summed E-state index contributed by atoms with van der Waals surface area (Å²) >= 11 is 6.52. The molecule has 0 aliphatic heterocycles. The van der Waals surface area contributed by atoms with Gasteiger partial charge in [-0.15, -0.1) is 0 Å². The van der Waals surface area contributed by atoms with Gasteiger partial charge in [-0.05, 0) is 29.2 Å². The Morgan fingerprint density at radius 3 is 2.95 bits per heavy atom. The number of nitrogens with one attached hydrogen (secondary N) is 1. The van der Waals surface area contributed by atoms with Crippen LogP contribution in [0, 0.1) is 0 Å². The molecule has 1 heterocycles. The lowest BCUT2D eigenvalue weighted by Crippen LogP contribution is -2.29. The quantitative estimate of drug-likeness (QED) is 0.365. The number of nitrogen functional groups attached to an aromatic ring is 1. The summed E-state index contributed by atoms with van der Waals surface area (Å²) in [6, 6.07) is 5.42. The summed E-state index contributed by atoms with van der Waals surface area (Å²) in [6.07, 6.45) is 0.851. The molecule has 0 radical (unpaired) electrons. The van der Waals surface area contributed by atoms with E-state index in [2.05, 4.69) is 30.7 Å². The number of hydrazine groups is 1. The minimum atomic E-state index is -0.304. The highest BCUT2D eigenvalue weighted by Gasteiger charge is 2.09. The van der Waals surface area contributed by atoms with Crippen molar-refractivity contribution in [3.05, 3.63) is 39.6 Å². The van der Waals surface area contributed by atoms with Crippen molar-refractivity contribution in [2.24, 2.45) is 5.84 Å². The van der Waals surface area contributed by atoms with E-state index in [4.69, 9.17) is 5.84 Å². The van der Waals surface area contributed by atoms with Crippen molar-refractivity contribution in [2.45, 2.75) is 23.4 Å². The maximum absolute atomic E-state index is 11.4. The smallest absolute Gasteiger partial charge is 0.265 e. The summed E-state index contributed by atoms with van der Waals surface area (Å²) < 4.78 is 6.09. The second-order valence-corrected chi connectivity index (χ2v) is 6.73. The Bertz CT molecular complexity index is 617. The molecule has 8 heteroatoms. The van der Waals surface area contributed by atoms with Gasteiger partial charge in [-0.2, -0.15) is 4.37 Å². The molecule has 1 amide bonds. The van der Waals surface area contributed by atoms with E-state index in [9.17, 15) is 4.79 Å². The Hall–Kier alpha value is -0.960. The van der Waals surface area contributed by atoms with Crippen molar-refractivity contribution < 1.29 is 4.79 Å². The second-order valence-electron chi connectivity index (χ2n) is 3.90. The van der Waals surface area contributed by atoms with Gasteiger partial charge in [0.25, 0.3) is 5.91 Å². The highest BCUT2D eigenvalue weighted by Crippen LogP contribution is 2.28. The molecule has 1 aromatic heterocycles. The van der Waals surface area contributed by atoms with Crippen molar-refractivity contribution in [3.63, 3.8) is 0 Å². The summed E-state index contributed by atoms with van der Waals surface area (Å²) in [7, 11) is 0. The maximum Gasteiger partial charge on any atom is 0.265 e. The minimum absolute atomic E-state index is 0.304. The Morgan fingerprint density at radius 2 is 2.35 bits per heavy atom. The summed E-state index contributed by atoms with van der Waals surface area (Å²) in [5, 5.41) is 0. The standard InChI is InChI=1S/C12H13BrN4OS2/c1-2-10-15-12(20-17-10)19-6-8-4-3-7(5-9(8)13)11(18)16-14/h3-5H,2,6,14H2,1H3,(H,16,18). The van der Waals surface area contributed by atoms with Crippen molar-refractivity contribution in [2.75, 3.05) is 0 Å². The average Bonchev–Trinajstić information content (AvgIpc) is 2.93. The van der Waals surface area contributed by atoms with Gasteiger partial charge in [0.2, 0.25) is 0 Å². The maximum atomic E-state index is 11.4. The predicted octanol–water partition coefficient (Wildman–Crippen LogP) is 2.76. The summed E-state index contributed by atoms with van der Waals surface area (Å²) in [5.41, 5.74) is 3.73. The van der Waals surface area contributed by atoms with E-state index in [1.165, 1.54) is 11.5 Å². The predicted molar refractivity (Wildman–Crippen MR) is 84.6 cm³/mol. The van der Waals surface area contributed by atoms with Gasteiger partial charge in [0, 0.05) is 22.2 Å². The second kappa shape index (κ2) is 7.16. The van der Waals surface area contributed by atoms with Crippen LogP contribution < -0.4 is 11.3 Å². The third kappa shape index (κ3) is 3.78. The van der Waals surface area contributed by atoms with Crippen LogP contribution in [-0.4, -0.2) is 15.3 Å². The number of amides is 1. The lowest BCUT2D eigenvalue weighted by atomic mass is 10.1. The number of carbonyl (C=O) groups is 1. The van der Waals surface area contributed by atoms with Gasteiger partial charge in [-0.3, -0.25) is 10.2 Å². The molecule has 2 rings (SSSR count). The van der Waals surface area contributed by atoms with Gasteiger partial charge in [0.15, 0.2) is 4.34 Å². The van der Waals surface area contributed by atoms with E-state index in [-0.39, 0.29) is 5.91 Å². The number of nitrogens with zero attached hydrogens (tertiary/aromatic N) is 2. The molecule has 0 aliphatic carbocycles.